The minimum Gasteiger partial charge on any atom is -0.480 e. The van der Waals surface area contributed by atoms with Crippen LogP contribution in [0.15, 0.2) is 22.8 Å². The van der Waals surface area contributed by atoms with E-state index in [0.29, 0.717) is 17.8 Å². The van der Waals surface area contributed by atoms with Gasteiger partial charge in [-0.15, -0.1) is 0 Å². The molecule has 2 rings (SSSR count). The highest BCUT2D eigenvalue weighted by atomic mass is 79.9. The SMILES string of the molecule is CCc1nc2ccc(Br)cn2c1C(=O)NC(CCC(N)=O)C(=O)O. The number of pyridine rings is 1. The fourth-order valence-corrected chi connectivity index (χ4v) is 2.66. The summed E-state index contributed by atoms with van der Waals surface area (Å²) in [6.45, 7) is 1.86. The fraction of sp³-hybridized carbons (Fsp3) is 0.333. The van der Waals surface area contributed by atoms with E-state index in [1.807, 2.05) is 6.92 Å². The number of imidazole rings is 1. The van der Waals surface area contributed by atoms with Gasteiger partial charge in [0.15, 0.2) is 0 Å². The number of hydrogen-bond donors (Lipinski definition) is 3. The van der Waals surface area contributed by atoms with Gasteiger partial charge in [0, 0.05) is 17.1 Å². The average Bonchev–Trinajstić information content (AvgIpc) is 2.88. The molecular formula is C15H17BrN4O4. The molecule has 9 heteroatoms. The molecule has 128 valence electrons. The number of carbonyl (C=O) groups excluding carboxylic acids is 2. The summed E-state index contributed by atoms with van der Waals surface area (Å²) < 4.78 is 2.36. The maximum Gasteiger partial charge on any atom is 0.326 e. The Morgan fingerprint density at radius 1 is 1.42 bits per heavy atom. The Hall–Kier alpha value is -2.42. The first-order chi connectivity index (χ1) is 11.3. The van der Waals surface area contributed by atoms with Crippen molar-refractivity contribution in [3.05, 3.63) is 34.2 Å². The van der Waals surface area contributed by atoms with Crippen molar-refractivity contribution in [1.29, 1.82) is 0 Å². The number of carbonyl (C=O) groups is 3. The molecule has 4 N–H and O–H groups in total. The number of carboxylic acid groups (broad SMARTS) is 1. The number of halogens is 1. The Morgan fingerprint density at radius 2 is 2.12 bits per heavy atom. The second kappa shape index (κ2) is 7.43. The normalized spacial score (nSPS) is 12.1. The van der Waals surface area contributed by atoms with E-state index in [9.17, 15) is 19.5 Å². The topological polar surface area (TPSA) is 127 Å². The molecule has 0 saturated heterocycles. The number of primary amides is 1. The minimum atomic E-state index is -1.22. The number of rotatable bonds is 7. The summed E-state index contributed by atoms with van der Waals surface area (Å²) in [4.78, 5) is 39.1. The summed E-state index contributed by atoms with van der Waals surface area (Å²) in [7, 11) is 0. The summed E-state index contributed by atoms with van der Waals surface area (Å²) in [6, 6.07) is 2.35. The molecule has 0 aromatic carbocycles. The zero-order valence-corrected chi connectivity index (χ0v) is 14.5. The van der Waals surface area contributed by atoms with Gasteiger partial charge in [0.25, 0.3) is 5.91 Å². The number of amides is 2. The van der Waals surface area contributed by atoms with Crippen LogP contribution in [0.1, 0.15) is 35.9 Å². The summed E-state index contributed by atoms with van der Waals surface area (Å²) in [6.07, 6.45) is 2.01. The smallest absolute Gasteiger partial charge is 0.326 e. The van der Waals surface area contributed by atoms with E-state index in [1.54, 1.807) is 22.7 Å². The van der Waals surface area contributed by atoms with Crippen molar-refractivity contribution < 1.29 is 19.5 Å². The van der Waals surface area contributed by atoms with Crippen LogP contribution in [0.2, 0.25) is 0 Å². The van der Waals surface area contributed by atoms with Gasteiger partial charge >= 0.3 is 5.97 Å². The van der Waals surface area contributed by atoms with E-state index in [2.05, 4.69) is 26.2 Å². The van der Waals surface area contributed by atoms with E-state index in [-0.39, 0.29) is 18.5 Å². The van der Waals surface area contributed by atoms with Crippen molar-refractivity contribution in [3.8, 4) is 0 Å². The Balaban J connectivity index is 2.34. The molecule has 1 atom stereocenters. The van der Waals surface area contributed by atoms with E-state index < -0.39 is 23.8 Å². The van der Waals surface area contributed by atoms with E-state index in [4.69, 9.17) is 5.73 Å². The number of carboxylic acids is 1. The van der Waals surface area contributed by atoms with Crippen LogP contribution >= 0.6 is 15.9 Å². The van der Waals surface area contributed by atoms with Crippen LogP contribution < -0.4 is 11.1 Å². The highest BCUT2D eigenvalue weighted by Gasteiger charge is 2.25. The van der Waals surface area contributed by atoms with Gasteiger partial charge in [0.1, 0.15) is 17.4 Å². The first-order valence-electron chi connectivity index (χ1n) is 7.32. The second-order valence-corrected chi connectivity index (χ2v) is 6.12. The van der Waals surface area contributed by atoms with Crippen LogP contribution in [-0.2, 0) is 16.0 Å². The van der Waals surface area contributed by atoms with Gasteiger partial charge < -0.3 is 16.2 Å². The number of hydrogen-bond acceptors (Lipinski definition) is 4. The quantitative estimate of drug-likeness (QED) is 0.645. The van der Waals surface area contributed by atoms with Crippen LogP contribution in [0, 0.1) is 0 Å². The zero-order chi connectivity index (χ0) is 17.9. The number of nitrogens with one attached hydrogen (secondary N) is 1. The first-order valence-corrected chi connectivity index (χ1v) is 8.11. The molecule has 0 fully saturated rings. The fourth-order valence-electron chi connectivity index (χ4n) is 2.32. The summed E-state index contributed by atoms with van der Waals surface area (Å²) in [5.41, 5.74) is 6.46. The molecule has 2 aromatic heterocycles. The lowest BCUT2D eigenvalue weighted by molar-refractivity contribution is -0.139. The van der Waals surface area contributed by atoms with Gasteiger partial charge in [-0.25, -0.2) is 9.78 Å². The standard InChI is InChI=1S/C15H17BrN4O4/c1-2-9-13(20-7-8(16)3-6-12(20)18-9)14(22)19-10(15(23)24)4-5-11(17)21/h3,6-7,10H,2,4-5H2,1H3,(H2,17,21)(H,19,22)(H,23,24). The predicted octanol–water partition coefficient (Wildman–Crippen LogP) is 1.11. The zero-order valence-electron chi connectivity index (χ0n) is 13.0. The molecule has 2 amide bonds. The number of aromatic nitrogens is 2. The molecule has 24 heavy (non-hydrogen) atoms. The Kier molecular flexibility index (Phi) is 5.55. The number of fused-ring (bicyclic) bond motifs is 1. The maximum absolute atomic E-state index is 12.6. The summed E-state index contributed by atoms with van der Waals surface area (Å²) in [5.74, 6) is -2.41. The van der Waals surface area contributed by atoms with Crippen LogP contribution in [-0.4, -0.2) is 38.3 Å². The van der Waals surface area contributed by atoms with Gasteiger partial charge in [-0.1, -0.05) is 6.92 Å². The molecule has 0 saturated carbocycles. The monoisotopic (exact) mass is 396 g/mol. The van der Waals surface area contributed by atoms with E-state index in [1.165, 1.54) is 0 Å². The van der Waals surface area contributed by atoms with Crippen molar-refractivity contribution in [2.24, 2.45) is 5.73 Å². The molecule has 0 bridgehead atoms. The van der Waals surface area contributed by atoms with E-state index >= 15 is 0 Å². The number of aliphatic carboxylic acids is 1. The van der Waals surface area contributed by atoms with Crippen molar-refractivity contribution in [1.82, 2.24) is 14.7 Å². The molecular weight excluding hydrogens is 380 g/mol. The molecule has 0 aliphatic rings. The largest absolute Gasteiger partial charge is 0.480 e. The molecule has 0 aliphatic carbocycles. The number of nitrogens with two attached hydrogens (primary N) is 1. The third-order valence-electron chi connectivity index (χ3n) is 3.49. The van der Waals surface area contributed by atoms with Crippen molar-refractivity contribution >= 4 is 39.4 Å². The summed E-state index contributed by atoms with van der Waals surface area (Å²) in [5, 5.41) is 11.7. The van der Waals surface area contributed by atoms with E-state index in [0.717, 1.165) is 4.47 Å². The highest BCUT2D eigenvalue weighted by Crippen LogP contribution is 2.18. The van der Waals surface area contributed by atoms with Crippen LogP contribution in [0.3, 0.4) is 0 Å². The van der Waals surface area contributed by atoms with Gasteiger partial charge in [-0.3, -0.25) is 14.0 Å². The molecule has 0 aliphatic heterocycles. The third kappa shape index (κ3) is 3.91. The Bertz CT molecular complexity index is 802. The molecule has 1 unspecified atom stereocenters. The van der Waals surface area contributed by atoms with Gasteiger partial charge in [-0.2, -0.15) is 0 Å². The lowest BCUT2D eigenvalue weighted by Gasteiger charge is -2.14. The van der Waals surface area contributed by atoms with Crippen LogP contribution in [0.5, 0.6) is 0 Å². The highest BCUT2D eigenvalue weighted by molar-refractivity contribution is 9.10. The number of nitrogens with zero attached hydrogens (tertiary/aromatic N) is 2. The minimum absolute atomic E-state index is 0.0711. The van der Waals surface area contributed by atoms with Crippen LogP contribution in [0.4, 0.5) is 0 Å². The van der Waals surface area contributed by atoms with Crippen molar-refractivity contribution in [3.63, 3.8) is 0 Å². The molecule has 2 heterocycles. The lowest BCUT2D eigenvalue weighted by atomic mass is 10.1. The molecule has 0 spiro atoms. The second-order valence-electron chi connectivity index (χ2n) is 5.21. The predicted molar refractivity (Wildman–Crippen MR) is 89.6 cm³/mol. The average molecular weight is 397 g/mol. The van der Waals surface area contributed by atoms with Gasteiger partial charge in [0.05, 0.1) is 5.69 Å². The Morgan fingerprint density at radius 3 is 2.71 bits per heavy atom. The molecule has 2 aromatic rings. The van der Waals surface area contributed by atoms with Crippen LogP contribution in [0.25, 0.3) is 5.65 Å². The van der Waals surface area contributed by atoms with Crippen molar-refractivity contribution in [2.45, 2.75) is 32.2 Å². The maximum atomic E-state index is 12.6. The van der Waals surface area contributed by atoms with Gasteiger partial charge in [0.2, 0.25) is 5.91 Å². The first kappa shape index (κ1) is 17.9. The summed E-state index contributed by atoms with van der Waals surface area (Å²) >= 11 is 3.34. The Labute approximate surface area is 146 Å². The molecule has 8 nitrogen and oxygen atoms in total. The molecule has 0 radical (unpaired) electrons. The number of aryl methyl sites for hydroxylation is 1. The van der Waals surface area contributed by atoms with Gasteiger partial charge in [-0.05, 0) is 40.9 Å². The third-order valence-corrected chi connectivity index (χ3v) is 3.96. The van der Waals surface area contributed by atoms with Crippen molar-refractivity contribution in [2.75, 3.05) is 0 Å². The lowest BCUT2D eigenvalue weighted by Crippen LogP contribution is -2.42.